The Morgan fingerprint density at radius 3 is 2.77 bits per heavy atom. The van der Waals surface area contributed by atoms with Crippen LogP contribution in [0.5, 0.6) is 0 Å². The van der Waals surface area contributed by atoms with Gasteiger partial charge in [0.1, 0.15) is 11.9 Å². The third-order valence-corrected chi connectivity index (χ3v) is 5.25. The first kappa shape index (κ1) is 18.2. The molecule has 1 fully saturated rings. The van der Waals surface area contributed by atoms with Crippen molar-refractivity contribution in [3.8, 4) is 0 Å². The molecule has 0 saturated carbocycles. The molecule has 0 spiro atoms. The minimum atomic E-state index is -1.30. The summed E-state index contributed by atoms with van der Waals surface area (Å²) < 4.78 is 16.9. The van der Waals surface area contributed by atoms with Gasteiger partial charge in [-0.2, -0.15) is 0 Å². The van der Waals surface area contributed by atoms with E-state index in [4.69, 9.17) is 14.2 Å². The summed E-state index contributed by atoms with van der Waals surface area (Å²) in [5, 5.41) is 0. The lowest BCUT2D eigenvalue weighted by atomic mass is 9.80. The Hall–Kier alpha value is -2.63. The largest absolute Gasteiger partial charge is 0.475 e. The highest BCUT2D eigenvalue weighted by Crippen LogP contribution is 2.44. The highest BCUT2D eigenvalue weighted by molar-refractivity contribution is 6.02. The maximum Gasteiger partial charge on any atom is 0.334 e. The average Bonchev–Trinajstić information content (AvgIpc) is 3.06. The van der Waals surface area contributed by atoms with Gasteiger partial charge < -0.3 is 14.2 Å². The zero-order valence-corrected chi connectivity index (χ0v) is 15.3. The van der Waals surface area contributed by atoms with Crippen LogP contribution in [0.15, 0.2) is 47.3 Å². The maximum atomic E-state index is 12.5. The zero-order valence-electron chi connectivity index (χ0n) is 15.3. The zero-order chi connectivity index (χ0) is 19.2. The van der Waals surface area contributed by atoms with Crippen LogP contribution in [0.25, 0.3) is 0 Å². The lowest BCUT2D eigenvalue weighted by Gasteiger charge is -2.32. The van der Waals surface area contributed by atoms with Crippen LogP contribution < -0.4 is 0 Å². The molecule has 0 N–H and O–H groups in total. The van der Waals surface area contributed by atoms with Crippen molar-refractivity contribution in [2.45, 2.75) is 51.9 Å². The smallest absolute Gasteiger partial charge is 0.334 e. The van der Waals surface area contributed by atoms with Crippen molar-refractivity contribution in [2.24, 2.45) is 5.92 Å². The molecular formula is C20H22O6. The van der Waals surface area contributed by atoms with E-state index in [2.05, 4.69) is 6.58 Å². The normalized spacial score (nSPS) is 35.9. The number of esters is 2. The van der Waals surface area contributed by atoms with Gasteiger partial charge in [0.05, 0.1) is 0 Å². The summed E-state index contributed by atoms with van der Waals surface area (Å²) in [7, 11) is 0. The van der Waals surface area contributed by atoms with Gasteiger partial charge in [-0.15, -0.1) is 0 Å². The Balaban J connectivity index is 2.02. The fraction of sp³-hybridized carbons (Fsp3) is 0.450. The predicted molar refractivity (Wildman–Crippen MR) is 92.8 cm³/mol. The summed E-state index contributed by atoms with van der Waals surface area (Å²) in [6.07, 6.45) is 3.69. The Bertz CT molecular complexity index is 799. The van der Waals surface area contributed by atoms with Crippen LogP contribution in [0.3, 0.4) is 0 Å². The molecule has 0 unspecified atom stereocenters. The Kier molecular flexibility index (Phi) is 4.38. The summed E-state index contributed by atoms with van der Waals surface area (Å²) in [5.74, 6) is -1.33. The number of rotatable bonds is 2. The van der Waals surface area contributed by atoms with Gasteiger partial charge in [-0.25, -0.2) is 9.59 Å². The van der Waals surface area contributed by atoms with E-state index in [0.717, 1.165) is 0 Å². The van der Waals surface area contributed by atoms with Crippen LogP contribution in [0.4, 0.5) is 0 Å². The van der Waals surface area contributed by atoms with Crippen molar-refractivity contribution in [1.29, 1.82) is 0 Å². The molecule has 0 aromatic rings. The van der Waals surface area contributed by atoms with Gasteiger partial charge >= 0.3 is 11.9 Å². The van der Waals surface area contributed by atoms with Crippen LogP contribution in [0.1, 0.15) is 34.1 Å². The van der Waals surface area contributed by atoms with E-state index in [9.17, 15) is 14.4 Å². The van der Waals surface area contributed by atoms with Crippen LogP contribution in [-0.4, -0.2) is 35.5 Å². The van der Waals surface area contributed by atoms with E-state index in [0.29, 0.717) is 16.9 Å². The molecule has 0 radical (unpaired) electrons. The topological polar surface area (TPSA) is 78.9 Å². The van der Waals surface area contributed by atoms with Crippen LogP contribution >= 0.6 is 0 Å². The van der Waals surface area contributed by atoms with E-state index in [-0.39, 0.29) is 17.8 Å². The van der Waals surface area contributed by atoms with Gasteiger partial charge in [-0.1, -0.05) is 12.7 Å². The predicted octanol–water partition coefficient (Wildman–Crippen LogP) is 2.55. The molecule has 0 aromatic heterocycles. The third kappa shape index (κ3) is 2.79. The van der Waals surface area contributed by atoms with E-state index >= 15 is 0 Å². The second-order valence-corrected chi connectivity index (χ2v) is 7.04. The number of allylic oxidation sites excluding steroid dienone is 2. The lowest BCUT2D eigenvalue weighted by molar-refractivity contribution is -0.159. The molecule has 4 atom stereocenters. The quantitative estimate of drug-likeness (QED) is 0.558. The van der Waals surface area contributed by atoms with E-state index < -0.39 is 35.7 Å². The number of carbonyl (C=O) groups is 3. The molecule has 2 bridgehead atoms. The standard InChI is InChI=1S/C20H22O6/c1-6-10(2)18(22)24-13-7-11(3)15-9-16(21)20(5,26-15)17-14(8-13)12(4)19(23)25-17/h6-7,9,13-14,17H,4,8H2,1-3,5H3/b10-6-,11-7-/t13-,14+,17+,20+/m0/s1. The van der Waals surface area contributed by atoms with E-state index in [1.807, 2.05) is 0 Å². The molecular weight excluding hydrogens is 336 g/mol. The third-order valence-electron chi connectivity index (χ3n) is 5.25. The Morgan fingerprint density at radius 2 is 2.12 bits per heavy atom. The molecule has 3 aliphatic rings. The van der Waals surface area contributed by atoms with Gasteiger partial charge in [-0.3, -0.25) is 4.79 Å². The summed E-state index contributed by atoms with van der Waals surface area (Å²) in [6, 6.07) is 0. The average molecular weight is 358 g/mol. The van der Waals surface area contributed by atoms with Crippen LogP contribution in [0.2, 0.25) is 0 Å². The van der Waals surface area contributed by atoms with Gasteiger partial charge in [0.2, 0.25) is 11.4 Å². The number of ketones is 1. The van der Waals surface area contributed by atoms with Crippen LogP contribution in [-0.2, 0) is 28.6 Å². The minimum absolute atomic E-state index is 0.252. The van der Waals surface area contributed by atoms with Crippen molar-refractivity contribution >= 4 is 17.7 Å². The maximum absolute atomic E-state index is 12.5. The molecule has 1 saturated heterocycles. The molecule has 6 heteroatoms. The molecule has 138 valence electrons. The SMILES string of the molecule is C=C1C(=O)O[C@@H]2[C@@H]1C[C@@H](OC(=O)/C(C)=C\C)/C=C(/C)C1=CC(=O)[C@@]2(C)O1. The number of hydrogen-bond donors (Lipinski definition) is 0. The highest BCUT2D eigenvalue weighted by Gasteiger charge is 2.57. The monoisotopic (exact) mass is 358 g/mol. The van der Waals surface area contributed by atoms with Crippen molar-refractivity contribution in [3.63, 3.8) is 0 Å². The Labute approximate surface area is 152 Å². The van der Waals surface area contributed by atoms with Crippen molar-refractivity contribution < 1.29 is 28.6 Å². The summed E-state index contributed by atoms with van der Waals surface area (Å²) in [6.45, 7) is 10.6. The van der Waals surface area contributed by atoms with Crippen LogP contribution in [0, 0.1) is 5.92 Å². The number of carbonyl (C=O) groups excluding carboxylic acids is 3. The Morgan fingerprint density at radius 1 is 1.42 bits per heavy atom. The fourth-order valence-corrected chi connectivity index (χ4v) is 3.44. The first-order chi connectivity index (χ1) is 12.2. The molecule has 0 amide bonds. The first-order valence-corrected chi connectivity index (χ1v) is 8.55. The van der Waals surface area contributed by atoms with Gasteiger partial charge in [0.25, 0.3) is 0 Å². The lowest BCUT2D eigenvalue weighted by Crippen LogP contribution is -2.48. The molecule has 0 aliphatic carbocycles. The minimum Gasteiger partial charge on any atom is -0.475 e. The van der Waals surface area contributed by atoms with Crippen molar-refractivity contribution in [1.82, 2.24) is 0 Å². The highest BCUT2D eigenvalue weighted by atomic mass is 16.6. The van der Waals surface area contributed by atoms with Crippen molar-refractivity contribution in [3.05, 3.63) is 47.3 Å². The number of fused-ring (bicyclic) bond motifs is 4. The second-order valence-electron chi connectivity index (χ2n) is 7.04. The molecule has 3 rings (SSSR count). The number of ether oxygens (including phenoxy) is 3. The van der Waals surface area contributed by atoms with Gasteiger partial charge in [-0.05, 0) is 45.8 Å². The number of hydrogen-bond acceptors (Lipinski definition) is 6. The van der Waals surface area contributed by atoms with Gasteiger partial charge in [0.15, 0.2) is 6.10 Å². The molecule has 3 aliphatic heterocycles. The van der Waals surface area contributed by atoms with Gasteiger partial charge in [0, 0.05) is 23.1 Å². The summed E-state index contributed by atoms with van der Waals surface area (Å²) >= 11 is 0. The first-order valence-electron chi connectivity index (χ1n) is 8.55. The second kappa shape index (κ2) is 6.27. The fourth-order valence-electron chi connectivity index (χ4n) is 3.44. The summed E-state index contributed by atoms with van der Waals surface area (Å²) in [5.41, 5.74) is 0.138. The molecule has 0 aromatic carbocycles. The molecule has 6 nitrogen and oxygen atoms in total. The van der Waals surface area contributed by atoms with E-state index in [1.165, 1.54) is 6.08 Å². The van der Waals surface area contributed by atoms with Crippen molar-refractivity contribution in [2.75, 3.05) is 0 Å². The summed E-state index contributed by atoms with van der Waals surface area (Å²) in [4.78, 5) is 36.8. The van der Waals surface area contributed by atoms with E-state index in [1.54, 1.807) is 39.8 Å². The molecule has 26 heavy (non-hydrogen) atoms. The molecule has 3 heterocycles.